The number of ether oxygens (including phenoxy) is 1. The predicted octanol–water partition coefficient (Wildman–Crippen LogP) is 4.18. The lowest BCUT2D eigenvalue weighted by Gasteiger charge is -2.29. The first-order valence-corrected chi connectivity index (χ1v) is 9.78. The van der Waals surface area contributed by atoms with Gasteiger partial charge in [-0.05, 0) is 39.0 Å². The third kappa shape index (κ3) is 3.43. The highest BCUT2D eigenvalue weighted by atomic mass is 19.1. The molecule has 1 aliphatic heterocycles. The number of aromatic nitrogens is 3. The molecule has 3 heterocycles. The summed E-state index contributed by atoms with van der Waals surface area (Å²) in [6.45, 7) is 18.4. The van der Waals surface area contributed by atoms with Crippen LogP contribution in [0.15, 0.2) is 37.2 Å². The number of fused-ring (bicyclic) bond motifs is 2. The van der Waals surface area contributed by atoms with E-state index in [1.807, 2.05) is 37.9 Å². The van der Waals surface area contributed by atoms with Crippen LogP contribution in [0.1, 0.15) is 31.9 Å². The Bertz CT molecular complexity index is 1160. The topological polar surface area (TPSA) is 59.1 Å². The molecule has 154 valence electrons. The Morgan fingerprint density at radius 3 is 2.90 bits per heavy atom. The average molecular weight is 406 g/mol. The maximum atomic E-state index is 14.5. The van der Waals surface area contributed by atoms with E-state index in [1.165, 1.54) is 6.07 Å². The van der Waals surface area contributed by atoms with Crippen LogP contribution in [0.2, 0.25) is 0 Å². The molecule has 1 atom stereocenters. The van der Waals surface area contributed by atoms with Gasteiger partial charge >= 0.3 is 0 Å². The highest BCUT2D eigenvalue weighted by Crippen LogP contribution is 2.35. The van der Waals surface area contributed by atoms with Crippen molar-refractivity contribution in [3.05, 3.63) is 65.5 Å². The third-order valence-corrected chi connectivity index (χ3v) is 5.16. The van der Waals surface area contributed by atoms with Crippen LogP contribution in [-0.2, 0) is 6.54 Å². The maximum absolute atomic E-state index is 14.5. The van der Waals surface area contributed by atoms with Crippen molar-refractivity contribution in [3.8, 4) is 5.75 Å². The van der Waals surface area contributed by atoms with E-state index in [9.17, 15) is 4.39 Å². The summed E-state index contributed by atoms with van der Waals surface area (Å²) >= 11 is 0. The molecule has 3 aromatic rings. The summed E-state index contributed by atoms with van der Waals surface area (Å²) in [6.07, 6.45) is 3.33. The summed E-state index contributed by atoms with van der Waals surface area (Å²) in [5.74, 6) is 0.641. The van der Waals surface area contributed by atoms with Gasteiger partial charge in [0.15, 0.2) is 5.65 Å². The summed E-state index contributed by atoms with van der Waals surface area (Å²) in [7, 11) is 0. The molecular formula is C22H23FN6O. The van der Waals surface area contributed by atoms with E-state index in [2.05, 4.69) is 21.8 Å². The summed E-state index contributed by atoms with van der Waals surface area (Å²) in [5, 5.41) is 7.63. The van der Waals surface area contributed by atoms with Crippen molar-refractivity contribution in [2.24, 2.45) is 0 Å². The van der Waals surface area contributed by atoms with Gasteiger partial charge in [0, 0.05) is 30.0 Å². The molecule has 0 amide bonds. The lowest BCUT2D eigenvalue weighted by molar-refractivity contribution is 0.221. The van der Waals surface area contributed by atoms with Crippen molar-refractivity contribution in [2.75, 3.05) is 11.4 Å². The smallest absolute Gasteiger partial charge is 0.230 e. The molecule has 1 aliphatic rings. The first-order valence-electron chi connectivity index (χ1n) is 9.78. The summed E-state index contributed by atoms with van der Waals surface area (Å²) < 4.78 is 22.3. The van der Waals surface area contributed by atoms with Gasteiger partial charge in [-0.2, -0.15) is 5.10 Å². The fraction of sp³-hybridized carbons (Fsp3) is 0.318. The molecule has 0 unspecified atom stereocenters. The van der Waals surface area contributed by atoms with Gasteiger partial charge in [0.25, 0.3) is 0 Å². The van der Waals surface area contributed by atoms with Gasteiger partial charge in [0.05, 0.1) is 24.9 Å². The number of benzene rings is 1. The molecule has 1 aromatic carbocycles. The molecule has 2 aromatic heterocycles. The van der Waals surface area contributed by atoms with E-state index in [4.69, 9.17) is 16.3 Å². The lowest BCUT2D eigenvalue weighted by Crippen LogP contribution is -2.32. The minimum absolute atomic E-state index is 0.0243. The highest BCUT2D eigenvalue weighted by molar-refractivity contribution is 5.74. The van der Waals surface area contributed by atoms with Gasteiger partial charge in [-0.1, -0.05) is 6.58 Å². The first kappa shape index (κ1) is 19.7. The molecule has 1 N–H and O–H groups in total. The SMILES string of the molecule is [C-]#[N+]c1c(F)ccc2c1CN(C(C)C)c1ccn3ncc(c3n1)C(=C)NC[C@H](C)O2. The number of rotatable bonds is 1. The number of nitrogens with one attached hydrogen (secondary N) is 1. The molecule has 0 aliphatic carbocycles. The Kier molecular flexibility index (Phi) is 5.04. The van der Waals surface area contributed by atoms with E-state index in [0.717, 1.165) is 5.56 Å². The number of hydrogen-bond donors (Lipinski definition) is 1. The second-order valence-corrected chi connectivity index (χ2v) is 7.61. The second-order valence-electron chi connectivity index (χ2n) is 7.61. The van der Waals surface area contributed by atoms with E-state index in [-0.39, 0.29) is 24.4 Å². The quantitative estimate of drug-likeness (QED) is 0.615. The molecule has 0 fully saturated rings. The standard InChI is InChI=1S/C22H23FN6O/c1-13(2)28-12-17-19(7-6-18(23)21(17)24-5)30-14(3)10-25-15(4)16-11-26-29-9-8-20(28)27-22(16)29/h6-9,11,13-14,25H,4,10,12H2,1-3H3/t14-/m0/s1. The summed E-state index contributed by atoms with van der Waals surface area (Å²) in [4.78, 5) is 10.3. The number of nitrogens with zero attached hydrogens (tertiary/aromatic N) is 5. The van der Waals surface area contributed by atoms with Crippen LogP contribution in [0, 0.1) is 12.4 Å². The van der Waals surface area contributed by atoms with Crippen LogP contribution in [0.25, 0.3) is 16.2 Å². The number of anilines is 1. The monoisotopic (exact) mass is 406 g/mol. The minimum atomic E-state index is -0.555. The fourth-order valence-electron chi connectivity index (χ4n) is 3.52. The third-order valence-electron chi connectivity index (χ3n) is 5.16. The zero-order valence-electron chi connectivity index (χ0n) is 17.2. The van der Waals surface area contributed by atoms with E-state index >= 15 is 0 Å². The molecule has 0 saturated carbocycles. The largest absolute Gasteiger partial charge is 0.490 e. The van der Waals surface area contributed by atoms with E-state index in [0.29, 0.717) is 35.0 Å². The molecule has 2 bridgehead atoms. The molecule has 30 heavy (non-hydrogen) atoms. The van der Waals surface area contributed by atoms with Crippen molar-refractivity contribution in [1.82, 2.24) is 19.9 Å². The van der Waals surface area contributed by atoms with Crippen molar-refractivity contribution >= 4 is 22.8 Å². The summed E-state index contributed by atoms with van der Waals surface area (Å²) in [6, 6.07) is 4.78. The molecule has 0 saturated heterocycles. The summed E-state index contributed by atoms with van der Waals surface area (Å²) in [5.41, 5.74) is 2.66. The Balaban J connectivity index is 1.93. The van der Waals surface area contributed by atoms with Crippen molar-refractivity contribution < 1.29 is 9.13 Å². The molecule has 7 nitrogen and oxygen atoms in total. The van der Waals surface area contributed by atoms with Gasteiger partial charge in [-0.25, -0.2) is 18.7 Å². The lowest BCUT2D eigenvalue weighted by atomic mass is 10.1. The first-order chi connectivity index (χ1) is 14.4. The average Bonchev–Trinajstić information content (AvgIpc) is 3.14. The van der Waals surface area contributed by atoms with Gasteiger partial charge in [0.2, 0.25) is 5.69 Å². The zero-order valence-corrected chi connectivity index (χ0v) is 17.2. The van der Waals surface area contributed by atoms with Crippen LogP contribution in [-0.4, -0.2) is 33.3 Å². The number of halogens is 1. The van der Waals surface area contributed by atoms with Crippen LogP contribution in [0.5, 0.6) is 5.75 Å². The van der Waals surface area contributed by atoms with E-state index in [1.54, 1.807) is 16.8 Å². The fourth-order valence-corrected chi connectivity index (χ4v) is 3.52. The molecule has 0 spiro atoms. The van der Waals surface area contributed by atoms with Crippen LogP contribution < -0.4 is 15.0 Å². The van der Waals surface area contributed by atoms with Crippen molar-refractivity contribution in [3.63, 3.8) is 0 Å². The zero-order chi connectivity index (χ0) is 21.4. The van der Waals surface area contributed by atoms with Crippen LogP contribution >= 0.6 is 0 Å². The van der Waals surface area contributed by atoms with E-state index < -0.39 is 5.82 Å². The van der Waals surface area contributed by atoms with Gasteiger partial charge in [0.1, 0.15) is 23.5 Å². The Labute approximate surface area is 174 Å². The Hall–Kier alpha value is -3.60. The van der Waals surface area contributed by atoms with Gasteiger partial charge in [-0.15, -0.1) is 0 Å². The molecular weight excluding hydrogens is 383 g/mol. The van der Waals surface area contributed by atoms with Gasteiger partial charge in [-0.3, -0.25) is 0 Å². The minimum Gasteiger partial charge on any atom is -0.490 e. The molecule has 0 radical (unpaired) electrons. The normalized spacial score (nSPS) is 16.9. The second kappa shape index (κ2) is 7.67. The highest BCUT2D eigenvalue weighted by Gasteiger charge is 2.23. The Morgan fingerprint density at radius 1 is 1.37 bits per heavy atom. The maximum Gasteiger partial charge on any atom is 0.230 e. The predicted molar refractivity (Wildman–Crippen MR) is 114 cm³/mol. The van der Waals surface area contributed by atoms with Crippen LogP contribution in [0.3, 0.4) is 0 Å². The van der Waals surface area contributed by atoms with Crippen molar-refractivity contribution in [1.29, 1.82) is 0 Å². The van der Waals surface area contributed by atoms with Crippen molar-refractivity contribution in [2.45, 2.75) is 39.5 Å². The van der Waals surface area contributed by atoms with Gasteiger partial charge < -0.3 is 15.0 Å². The number of hydrogen-bond acceptors (Lipinski definition) is 5. The molecule has 4 rings (SSSR count). The molecule has 8 heteroatoms. The van der Waals surface area contributed by atoms with Crippen LogP contribution in [0.4, 0.5) is 15.9 Å². The Morgan fingerprint density at radius 2 is 2.17 bits per heavy atom.